The van der Waals surface area contributed by atoms with Gasteiger partial charge in [0.05, 0.1) is 12.8 Å². The van der Waals surface area contributed by atoms with Crippen molar-refractivity contribution in [2.45, 2.75) is 12.8 Å². The summed E-state index contributed by atoms with van der Waals surface area (Å²) in [6.07, 6.45) is 2.17. The second-order valence-electron chi connectivity index (χ2n) is 5.03. The summed E-state index contributed by atoms with van der Waals surface area (Å²) in [7, 11) is 1.57. The van der Waals surface area contributed by atoms with Crippen LogP contribution in [-0.2, 0) is 0 Å². The molecular formula is C15H17N3O3. The van der Waals surface area contributed by atoms with E-state index in [2.05, 4.69) is 4.98 Å². The summed E-state index contributed by atoms with van der Waals surface area (Å²) in [4.78, 5) is 29.3. The highest BCUT2D eigenvalue weighted by molar-refractivity contribution is 5.41. The van der Waals surface area contributed by atoms with Gasteiger partial charge in [-0.2, -0.15) is 0 Å². The van der Waals surface area contributed by atoms with Crippen LogP contribution in [0, 0.1) is 0 Å². The van der Waals surface area contributed by atoms with Gasteiger partial charge < -0.3 is 9.64 Å². The van der Waals surface area contributed by atoms with E-state index in [9.17, 15) is 9.59 Å². The number of benzene rings is 1. The Morgan fingerprint density at radius 2 is 1.76 bits per heavy atom. The minimum Gasteiger partial charge on any atom is -0.497 e. The van der Waals surface area contributed by atoms with Crippen LogP contribution in [0.2, 0.25) is 0 Å². The first-order valence-electron chi connectivity index (χ1n) is 6.95. The Kier molecular flexibility index (Phi) is 3.51. The van der Waals surface area contributed by atoms with E-state index in [1.165, 1.54) is 6.07 Å². The van der Waals surface area contributed by atoms with Gasteiger partial charge in [0.1, 0.15) is 11.6 Å². The van der Waals surface area contributed by atoms with Crippen LogP contribution in [0.4, 0.5) is 5.82 Å². The van der Waals surface area contributed by atoms with Crippen LogP contribution in [0.5, 0.6) is 5.75 Å². The second-order valence-corrected chi connectivity index (χ2v) is 5.03. The van der Waals surface area contributed by atoms with E-state index in [0.717, 1.165) is 30.5 Å². The van der Waals surface area contributed by atoms with Crippen molar-refractivity contribution in [3.8, 4) is 11.4 Å². The third-order valence-corrected chi connectivity index (χ3v) is 3.70. The molecule has 0 spiro atoms. The highest BCUT2D eigenvalue weighted by Gasteiger charge is 2.15. The van der Waals surface area contributed by atoms with Crippen LogP contribution in [0.1, 0.15) is 12.8 Å². The number of anilines is 1. The monoisotopic (exact) mass is 287 g/mol. The third-order valence-electron chi connectivity index (χ3n) is 3.70. The molecule has 0 amide bonds. The Balaban J connectivity index is 2.02. The average molecular weight is 287 g/mol. The van der Waals surface area contributed by atoms with Crippen molar-refractivity contribution in [2.24, 2.45) is 0 Å². The number of aromatic amines is 1. The van der Waals surface area contributed by atoms with Crippen LogP contribution in [-0.4, -0.2) is 29.8 Å². The molecular weight excluding hydrogens is 270 g/mol. The molecule has 21 heavy (non-hydrogen) atoms. The number of methoxy groups -OCH3 is 1. The molecule has 0 atom stereocenters. The molecule has 1 N–H and O–H groups in total. The quantitative estimate of drug-likeness (QED) is 0.919. The van der Waals surface area contributed by atoms with Gasteiger partial charge in [-0.25, -0.2) is 9.36 Å². The van der Waals surface area contributed by atoms with Gasteiger partial charge in [0, 0.05) is 19.2 Å². The largest absolute Gasteiger partial charge is 0.497 e. The Morgan fingerprint density at radius 1 is 1.10 bits per heavy atom. The number of H-pyrrole nitrogens is 1. The number of nitrogens with zero attached hydrogens (tertiary/aromatic N) is 2. The lowest BCUT2D eigenvalue weighted by atomic mass is 10.3. The molecule has 0 bridgehead atoms. The Labute approximate surface area is 121 Å². The molecule has 2 aromatic rings. The molecule has 3 rings (SSSR count). The highest BCUT2D eigenvalue weighted by Crippen LogP contribution is 2.16. The van der Waals surface area contributed by atoms with Crippen molar-refractivity contribution in [1.82, 2.24) is 9.55 Å². The molecule has 0 aliphatic carbocycles. The van der Waals surface area contributed by atoms with E-state index in [1.807, 2.05) is 4.90 Å². The zero-order valence-corrected chi connectivity index (χ0v) is 11.8. The number of ether oxygens (including phenoxy) is 1. The molecule has 110 valence electrons. The van der Waals surface area contributed by atoms with E-state index in [0.29, 0.717) is 17.3 Å². The maximum atomic E-state index is 12.3. The van der Waals surface area contributed by atoms with Gasteiger partial charge in [0.15, 0.2) is 0 Å². The van der Waals surface area contributed by atoms with Crippen molar-refractivity contribution in [2.75, 3.05) is 25.1 Å². The summed E-state index contributed by atoms with van der Waals surface area (Å²) in [5, 5.41) is 0. The van der Waals surface area contributed by atoms with Crippen molar-refractivity contribution in [1.29, 1.82) is 0 Å². The summed E-state index contributed by atoms with van der Waals surface area (Å²) in [6, 6.07) is 8.29. The van der Waals surface area contributed by atoms with Crippen LogP contribution in [0.3, 0.4) is 0 Å². The van der Waals surface area contributed by atoms with Crippen LogP contribution < -0.4 is 20.9 Å². The van der Waals surface area contributed by atoms with E-state index in [4.69, 9.17) is 4.74 Å². The molecule has 6 heteroatoms. The molecule has 6 nitrogen and oxygen atoms in total. The number of aromatic nitrogens is 2. The van der Waals surface area contributed by atoms with Crippen molar-refractivity contribution in [3.63, 3.8) is 0 Å². The lowest BCUT2D eigenvalue weighted by Crippen LogP contribution is -2.35. The fourth-order valence-corrected chi connectivity index (χ4v) is 2.59. The van der Waals surface area contributed by atoms with E-state index >= 15 is 0 Å². The van der Waals surface area contributed by atoms with Crippen molar-refractivity contribution >= 4 is 5.82 Å². The number of rotatable bonds is 3. The summed E-state index contributed by atoms with van der Waals surface area (Å²) >= 11 is 0. The van der Waals surface area contributed by atoms with Gasteiger partial charge in [-0.3, -0.25) is 9.78 Å². The standard InChI is InChI=1S/C15H17N3O3/c1-21-12-6-4-11(5-7-12)18-14(19)10-13(16-15(18)20)17-8-2-3-9-17/h4-7,10H,2-3,8-9H2,1H3,(H,16,20). The lowest BCUT2D eigenvalue weighted by Gasteiger charge is -2.17. The smallest absolute Gasteiger partial charge is 0.334 e. The van der Waals surface area contributed by atoms with Crippen molar-refractivity contribution in [3.05, 3.63) is 51.2 Å². The van der Waals surface area contributed by atoms with Crippen LogP contribution in [0.15, 0.2) is 39.9 Å². The third kappa shape index (κ3) is 2.56. The first-order chi connectivity index (χ1) is 10.2. The zero-order chi connectivity index (χ0) is 14.8. The van der Waals surface area contributed by atoms with Gasteiger partial charge in [0.25, 0.3) is 5.56 Å². The Hall–Kier alpha value is -2.50. The van der Waals surface area contributed by atoms with Crippen molar-refractivity contribution < 1.29 is 4.74 Å². The average Bonchev–Trinajstić information content (AvgIpc) is 3.01. The van der Waals surface area contributed by atoms with Gasteiger partial charge in [-0.15, -0.1) is 0 Å². The van der Waals surface area contributed by atoms with Crippen LogP contribution >= 0.6 is 0 Å². The highest BCUT2D eigenvalue weighted by atomic mass is 16.5. The minimum absolute atomic E-state index is 0.328. The fraction of sp³-hybridized carbons (Fsp3) is 0.333. The van der Waals surface area contributed by atoms with E-state index < -0.39 is 5.69 Å². The molecule has 0 unspecified atom stereocenters. The Bertz CT molecular complexity index is 709. The summed E-state index contributed by atoms with van der Waals surface area (Å²) in [5.74, 6) is 1.28. The molecule has 0 saturated carbocycles. The predicted molar refractivity (Wildman–Crippen MR) is 80.7 cm³/mol. The number of hydrogen-bond acceptors (Lipinski definition) is 4. The predicted octanol–water partition coefficient (Wildman–Crippen LogP) is 1.13. The zero-order valence-electron chi connectivity index (χ0n) is 11.8. The normalized spacial score (nSPS) is 14.4. The molecule has 2 heterocycles. The molecule has 1 aliphatic heterocycles. The van der Waals surface area contributed by atoms with E-state index in [-0.39, 0.29) is 5.56 Å². The SMILES string of the molecule is COc1ccc(-n2c(=O)cc(N3CCCC3)[nH]c2=O)cc1. The Morgan fingerprint density at radius 3 is 2.33 bits per heavy atom. The second kappa shape index (κ2) is 5.47. The first-order valence-corrected chi connectivity index (χ1v) is 6.95. The van der Waals surface area contributed by atoms with E-state index in [1.54, 1.807) is 31.4 Å². The first kappa shape index (κ1) is 13.5. The topological polar surface area (TPSA) is 67.3 Å². The van der Waals surface area contributed by atoms with Crippen LogP contribution in [0.25, 0.3) is 5.69 Å². The number of hydrogen-bond donors (Lipinski definition) is 1. The maximum Gasteiger partial charge on any atom is 0.334 e. The molecule has 1 aromatic carbocycles. The number of nitrogens with one attached hydrogen (secondary N) is 1. The maximum absolute atomic E-state index is 12.3. The van der Waals surface area contributed by atoms with Gasteiger partial charge in [-0.1, -0.05) is 0 Å². The molecule has 1 aromatic heterocycles. The van der Waals surface area contributed by atoms with Gasteiger partial charge in [-0.05, 0) is 37.1 Å². The summed E-state index contributed by atoms with van der Waals surface area (Å²) in [6.45, 7) is 1.75. The minimum atomic E-state index is -0.422. The summed E-state index contributed by atoms with van der Waals surface area (Å²) in [5.41, 5.74) is -0.226. The van der Waals surface area contributed by atoms with Gasteiger partial charge >= 0.3 is 5.69 Å². The molecule has 1 saturated heterocycles. The molecule has 1 fully saturated rings. The fourth-order valence-electron chi connectivity index (χ4n) is 2.59. The lowest BCUT2D eigenvalue weighted by molar-refractivity contribution is 0.414. The molecule has 0 radical (unpaired) electrons. The molecule has 1 aliphatic rings. The van der Waals surface area contributed by atoms with Gasteiger partial charge in [0.2, 0.25) is 0 Å². The summed E-state index contributed by atoms with van der Waals surface area (Å²) < 4.78 is 6.20.